The first-order valence-corrected chi connectivity index (χ1v) is 7.92. The second-order valence-corrected chi connectivity index (χ2v) is 4.94. The summed E-state index contributed by atoms with van der Waals surface area (Å²) in [6, 6.07) is 8.04. The van der Waals surface area contributed by atoms with Gasteiger partial charge in [-0.15, -0.1) is 0 Å². The summed E-state index contributed by atoms with van der Waals surface area (Å²) in [6.07, 6.45) is 2.47. The number of aryl methyl sites for hydroxylation is 1. The van der Waals surface area contributed by atoms with Crippen LogP contribution in [0.25, 0.3) is 0 Å². The van der Waals surface area contributed by atoms with E-state index in [1.807, 2.05) is 31.2 Å². The number of carbonyl (C=O) groups is 2. The van der Waals surface area contributed by atoms with Crippen LogP contribution < -0.4 is 10.1 Å². The third-order valence-corrected chi connectivity index (χ3v) is 2.89. The van der Waals surface area contributed by atoms with Crippen LogP contribution in [0.15, 0.2) is 24.3 Å². The zero-order valence-electron chi connectivity index (χ0n) is 14.3. The molecule has 1 aromatic rings. The second kappa shape index (κ2) is 14.5. The summed E-state index contributed by atoms with van der Waals surface area (Å²) in [5.41, 5.74) is 1.17. The summed E-state index contributed by atoms with van der Waals surface area (Å²) in [7, 11) is 0. The van der Waals surface area contributed by atoms with Crippen LogP contribution in [-0.2, 0) is 14.3 Å². The highest BCUT2D eigenvalue weighted by Gasteiger charge is 2.04. The molecule has 0 spiro atoms. The lowest BCUT2D eigenvalue weighted by atomic mass is 10.2. The molecule has 136 valence electrons. The van der Waals surface area contributed by atoms with E-state index >= 15 is 0 Å². The molecule has 3 N–H and O–H groups in total. The molecular formula is C17H27NO6. The Morgan fingerprint density at radius 3 is 2.29 bits per heavy atom. The summed E-state index contributed by atoms with van der Waals surface area (Å²) in [4.78, 5) is 18.2. The molecule has 24 heavy (non-hydrogen) atoms. The molecule has 0 atom stereocenters. The summed E-state index contributed by atoms with van der Waals surface area (Å²) in [5, 5.41) is 18.1. The Balaban J connectivity index is 0.000000754. The molecule has 7 heteroatoms. The molecule has 0 aliphatic heterocycles. The number of para-hydroxylation sites is 1. The summed E-state index contributed by atoms with van der Waals surface area (Å²) in [5.74, 6) is -2.70. The molecule has 0 fully saturated rings. The predicted molar refractivity (Wildman–Crippen MR) is 90.5 cm³/mol. The van der Waals surface area contributed by atoms with Crippen LogP contribution in [0, 0.1) is 6.92 Å². The van der Waals surface area contributed by atoms with E-state index < -0.39 is 11.9 Å². The van der Waals surface area contributed by atoms with Crippen LogP contribution >= 0.6 is 0 Å². The van der Waals surface area contributed by atoms with Crippen LogP contribution in [0.1, 0.15) is 25.3 Å². The van der Waals surface area contributed by atoms with Gasteiger partial charge in [-0.1, -0.05) is 31.5 Å². The fourth-order valence-electron chi connectivity index (χ4n) is 1.60. The van der Waals surface area contributed by atoms with E-state index in [1.165, 1.54) is 18.4 Å². The number of hydrogen-bond donors (Lipinski definition) is 3. The van der Waals surface area contributed by atoms with Crippen LogP contribution in [0.3, 0.4) is 0 Å². The molecule has 0 aliphatic carbocycles. The summed E-state index contributed by atoms with van der Waals surface area (Å²) in [6.45, 7) is 8.25. The molecule has 0 saturated heterocycles. The van der Waals surface area contributed by atoms with Crippen molar-refractivity contribution in [1.82, 2.24) is 5.32 Å². The van der Waals surface area contributed by atoms with E-state index in [0.29, 0.717) is 13.2 Å². The Morgan fingerprint density at radius 1 is 1.04 bits per heavy atom. The van der Waals surface area contributed by atoms with Gasteiger partial charge < -0.3 is 25.0 Å². The largest absolute Gasteiger partial charge is 0.491 e. The average molecular weight is 341 g/mol. The van der Waals surface area contributed by atoms with E-state index in [-0.39, 0.29) is 0 Å². The number of nitrogens with one attached hydrogen (secondary N) is 1. The molecule has 0 aliphatic rings. The van der Waals surface area contributed by atoms with Crippen molar-refractivity contribution in [3.63, 3.8) is 0 Å². The van der Waals surface area contributed by atoms with Gasteiger partial charge in [-0.2, -0.15) is 0 Å². The van der Waals surface area contributed by atoms with Crippen molar-refractivity contribution >= 4 is 11.9 Å². The number of aliphatic carboxylic acids is 2. The minimum atomic E-state index is -1.82. The fraction of sp³-hybridized carbons (Fsp3) is 0.529. The highest BCUT2D eigenvalue weighted by molar-refractivity contribution is 6.27. The van der Waals surface area contributed by atoms with Crippen molar-refractivity contribution in [2.75, 3.05) is 32.9 Å². The first-order valence-electron chi connectivity index (χ1n) is 7.92. The molecule has 0 unspecified atom stereocenters. The lowest BCUT2D eigenvalue weighted by Gasteiger charge is -2.09. The van der Waals surface area contributed by atoms with Crippen LogP contribution in [0.2, 0.25) is 0 Å². The number of carboxylic acids is 2. The molecule has 0 amide bonds. The molecule has 1 aromatic carbocycles. The number of rotatable bonds is 10. The van der Waals surface area contributed by atoms with E-state index in [9.17, 15) is 0 Å². The van der Waals surface area contributed by atoms with E-state index in [4.69, 9.17) is 29.3 Å². The molecule has 0 heterocycles. The van der Waals surface area contributed by atoms with Gasteiger partial charge in [0.15, 0.2) is 0 Å². The lowest BCUT2D eigenvalue weighted by molar-refractivity contribution is -0.159. The van der Waals surface area contributed by atoms with E-state index in [0.717, 1.165) is 25.4 Å². The number of unbranched alkanes of at least 4 members (excludes halogenated alkanes) is 1. The van der Waals surface area contributed by atoms with Crippen molar-refractivity contribution < 1.29 is 29.3 Å². The Bertz CT molecular complexity index is 466. The lowest BCUT2D eigenvalue weighted by Crippen LogP contribution is -2.21. The van der Waals surface area contributed by atoms with Gasteiger partial charge in [-0.3, -0.25) is 0 Å². The van der Waals surface area contributed by atoms with Crippen molar-refractivity contribution in [1.29, 1.82) is 0 Å². The minimum Gasteiger partial charge on any atom is -0.491 e. The minimum absolute atomic E-state index is 0.611. The van der Waals surface area contributed by atoms with Gasteiger partial charge in [0.2, 0.25) is 0 Å². The zero-order valence-corrected chi connectivity index (χ0v) is 14.3. The first kappa shape index (κ1) is 21.9. The maximum Gasteiger partial charge on any atom is 0.414 e. The number of ether oxygens (including phenoxy) is 2. The fourth-order valence-corrected chi connectivity index (χ4v) is 1.60. The number of hydrogen-bond acceptors (Lipinski definition) is 5. The van der Waals surface area contributed by atoms with Crippen molar-refractivity contribution in [3.05, 3.63) is 29.8 Å². The summed E-state index contributed by atoms with van der Waals surface area (Å²) < 4.78 is 11.1. The molecule has 0 radical (unpaired) electrons. The summed E-state index contributed by atoms with van der Waals surface area (Å²) >= 11 is 0. The van der Waals surface area contributed by atoms with Gasteiger partial charge in [-0.25, -0.2) is 9.59 Å². The van der Waals surface area contributed by atoms with E-state index in [1.54, 1.807) is 0 Å². The molecule has 7 nitrogen and oxygen atoms in total. The van der Waals surface area contributed by atoms with Gasteiger partial charge >= 0.3 is 11.9 Å². The Hall–Kier alpha value is -2.12. The quantitative estimate of drug-likeness (QED) is 0.441. The van der Waals surface area contributed by atoms with Crippen LogP contribution in [0.5, 0.6) is 5.75 Å². The maximum absolute atomic E-state index is 9.10. The highest BCUT2D eigenvalue weighted by Crippen LogP contribution is 2.15. The normalized spacial score (nSPS) is 9.75. The van der Waals surface area contributed by atoms with Gasteiger partial charge in [0.05, 0.1) is 13.2 Å². The van der Waals surface area contributed by atoms with E-state index in [2.05, 4.69) is 12.2 Å². The molecule has 0 saturated carbocycles. The van der Waals surface area contributed by atoms with Gasteiger partial charge in [-0.05, 0) is 31.5 Å². The third kappa shape index (κ3) is 12.4. The average Bonchev–Trinajstić information content (AvgIpc) is 2.55. The van der Waals surface area contributed by atoms with Gasteiger partial charge in [0.1, 0.15) is 12.4 Å². The SMILES string of the molecule is CCCCNCCOCCOc1ccccc1C.O=C(O)C(=O)O. The van der Waals surface area contributed by atoms with Gasteiger partial charge in [0, 0.05) is 6.54 Å². The van der Waals surface area contributed by atoms with Crippen LogP contribution in [-0.4, -0.2) is 55.1 Å². The Morgan fingerprint density at radius 2 is 1.71 bits per heavy atom. The molecule has 1 rings (SSSR count). The molecule has 0 bridgehead atoms. The van der Waals surface area contributed by atoms with Crippen LogP contribution in [0.4, 0.5) is 0 Å². The number of benzene rings is 1. The van der Waals surface area contributed by atoms with Crippen molar-refractivity contribution in [3.8, 4) is 5.75 Å². The Labute approximate surface area is 142 Å². The number of carboxylic acid groups (broad SMARTS) is 2. The topological polar surface area (TPSA) is 105 Å². The first-order chi connectivity index (χ1) is 11.5. The molecule has 0 aromatic heterocycles. The second-order valence-electron chi connectivity index (χ2n) is 4.94. The van der Waals surface area contributed by atoms with Crippen molar-refractivity contribution in [2.45, 2.75) is 26.7 Å². The highest BCUT2D eigenvalue weighted by atomic mass is 16.5. The zero-order chi connectivity index (χ0) is 18.2. The standard InChI is InChI=1S/C15H25NO2.C2H2O4/c1-3-4-9-16-10-11-17-12-13-18-15-8-6-5-7-14(15)2;3-1(4)2(5)6/h5-8,16H,3-4,9-13H2,1-2H3;(H,3,4)(H,5,6). The monoisotopic (exact) mass is 341 g/mol. The van der Waals surface area contributed by atoms with Gasteiger partial charge in [0.25, 0.3) is 0 Å². The third-order valence-electron chi connectivity index (χ3n) is 2.89. The Kier molecular flexibility index (Phi) is 13.2. The molecular weight excluding hydrogens is 314 g/mol. The smallest absolute Gasteiger partial charge is 0.414 e. The maximum atomic E-state index is 9.10. The van der Waals surface area contributed by atoms with Crippen molar-refractivity contribution in [2.24, 2.45) is 0 Å². The predicted octanol–water partition coefficient (Wildman–Crippen LogP) is 1.94.